The summed E-state index contributed by atoms with van der Waals surface area (Å²) < 4.78 is 4.86. The lowest BCUT2D eigenvalue weighted by molar-refractivity contribution is -0.384. The Labute approximate surface area is 110 Å². The molecule has 0 heterocycles. The van der Waals surface area contributed by atoms with Gasteiger partial charge in [-0.2, -0.15) is 5.26 Å². The number of rotatable bonds is 5. The third-order valence-electron chi connectivity index (χ3n) is 2.68. The van der Waals surface area contributed by atoms with Crippen molar-refractivity contribution >= 4 is 11.7 Å². The molecule has 0 spiro atoms. The van der Waals surface area contributed by atoms with Crippen molar-refractivity contribution in [3.05, 3.63) is 39.9 Å². The zero-order valence-corrected chi connectivity index (χ0v) is 10.8. The molecule has 1 atom stereocenters. The van der Waals surface area contributed by atoms with Gasteiger partial charge in [-0.3, -0.25) is 14.9 Å². The van der Waals surface area contributed by atoms with Gasteiger partial charge in [0, 0.05) is 18.6 Å². The van der Waals surface area contributed by atoms with Crippen LogP contribution in [0.3, 0.4) is 0 Å². The molecule has 0 aromatic heterocycles. The van der Waals surface area contributed by atoms with Gasteiger partial charge in [-0.1, -0.05) is 12.1 Å². The van der Waals surface area contributed by atoms with Gasteiger partial charge in [-0.25, -0.2) is 0 Å². The summed E-state index contributed by atoms with van der Waals surface area (Å²) in [6.07, 6.45) is 0.153. The molecule has 0 saturated carbocycles. The number of nitrogens with zero attached hydrogens (tertiary/aromatic N) is 2. The Balaban J connectivity index is 2.90. The maximum atomic E-state index is 11.7. The van der Waals surface area contributed by atoms with Crippen molar-refractivity contribution in [1.29, 1.82) is 5.26 Å². The van der Waals surface area contributed by atoms with Gasteiger partial charge in [-0.05, 0) is 19.4 Å². The molecule has 1 rings (SSSR count). The highest BCUT2D eigenvalue weighted by Gasteiger charge is 2.35. The minimum absolute atomic E-state index is 0.0291. The molecule has 0 aliphatic rings. The van der Waals surface area contributed by atoms with Crippen LogP contribution in [0.4, 0.5) is 5.69 Å². The first-order chi connectivity index (χ1) is 8.92. The highest BCUT2D eigenvalue weighted by Crippen LogP contribution is 2.24. The first-order valence-corrected chi connectivity index (χ1v) is 5.74. The zero-order valence-electron chi connectivity index (χ0n) is 10.8. The molecule has 100 valence electrons. The van der Waals surface area contributed by atoms with E-state index in [1.54, 1.807) is 6.92 Å². The lowest BCUT2D eigenvalue weighted by Crippen LogP contribution is -2.30. The molecule has 6 nitrogen and oxygen atoms in total. The highest BCUT2D eigenvalue weighted by molar-refractivity contribution is 5.80. The Bertz CT molecular complexity index is 518. The monoisotopic (exact) mass is 262 g/mol. The normalized spacial score (nSPS) is 13.1. The van der Waals surface area contributed by atoms with Crippen LogP contribution in [0.2, 0.25) is 0 Å². The first kappa shape index (κ1) is 14.6. The number of carbonyl (C=O) groups is 1. The van der Waals surface area contributed by atoms with Crippen molar-refractivity contribution in [2.24, 2.45) is 5.41 Å². The van der Waals surface area contributed by atoms with Crippen molar-refractivity contribution in [3.8, 4) is 6.07 Å². The van der Waals surface area contributed by atoms with E-state index in [2.05, 4.69) is 0 Å². The number of carbonyl (C=O) groups excluding carboxylic acids is 1. The van der Waals surface area contributed by atoms with Gasteiger partial charge in [0.1, 0.15) is 0 Å². The predicted molar refractivity (Wildman–Crippen MR) is 67.2 cm³/mol. The summed E-state index contributed by atoms with van der Waals surface area (Å²) in [5, 5.41) is 19.7. The van der Waals surface area contributed by atoms with Crippen LogP contribution in [-0.2, 0) is 16.0 Å². The summed E-state index contributed by atoms with van der Waals surface area (Å²) >= 11 is 0. The largest absolute Gasteiger partial charge is 0.465 e. The number of ether oxygens (including phenoxy) is 1. The van der Waals surface area contributed by atoms with Crippen molar-refractivity contribution in [1.82, 2.24) is 0 Å². The van der Waals surface area contributed by atoms with Crippen molar-refractivity contribution < 1.29 is 14.5 Å². The summed E-state index contributed by atoms with van der Waals surface area (Å²) in [5.41, 5.74) is -0.646. The van der Waals surface area contributed by atoms with Crippen LogP contribution in [-0.4, -0.2) is 17.5 Å². The molecule has 19 heavy (non-hydrogen) atoms. The number of non-ortho nitro benzene ring substituents is 1. The summed E-state index contributed by atoms with van der Waals surface area (Å²) in [5.74, 6) is -0.587. The molecule has 0 saturated heterocycles. The molecule has 0 aliphatic carbocycles. The average molecular weight is 262 g/mol. The van der Waals surface area contributed by atoms with Crippen LogP contribution >= 0.6 is 0 Å². The van der Waals surface area contributed by atoms with E-state index in [0.717, 1.165) is 0 Å². The minimum Gasteiger partial charge on any atom is -0.465 e. The number of benzene rings is 1. The van der Waals surface area contributed by atoms with Crippen LogP contribution in [0, 0.1) is 26.9 Å². The second kappa shape index (κ2) is 5.96. The summed E-state index contributed by atoms with van der Waals surface area (Å²) in [6.45, 7) is 3.37. The molecular weight excluding hydrogens is 248 g/mol. The number of nitro groups is 1. The third-order valence-corrected chi connectivity index (χ3v) is 2.68. The molecule has 0 aliphatic heterocycles. The molecule has 0 radical (unpaired) electrons. The van der Waals surface area contributed by atoms with E-state index in [0.29, 0.717) is 5.56 Å². The maximum Gasteiger partial charge on any atom is 0.326 e. The van der Waals surface area contributed by atoms with Crippen LogP contribution < -0.4 is 0 Å². The quantitative estimate of drug-likeness (QED) is 0.460. The molecule has 0 bridgehead atoms. The van der Waals surface area contributed by atoms with E-state index in [1.165, 1.54) is 31.2 Å². The Morgan fingerprint density at radius 1 is 1.47 bits per heavy atom. The van der Waals surface area contributed by atoms with Crippen LogP contribution in [0.5, 0.6) is 0 Å². The van der Waals surface area contributed by atoms with Crippen molar-refractivity contribution in [3.63, 3.8) is 0 Å². The molecule has 1 unspecified atom stereocenters. The Morgan fingerprint density at radius 2 is 2.05 bits per heavy atom. The van der Waals surface area contributed by atoms with Gasteiger partial charge in [-0.15, -0.1) is 0 Å². The second-order valence-corrected chi connectivity index (χ2v) is 4.26. The van der Waals surface area contributed by atoms with E-state index in [9.17, 15) is 14.9 Å². The van der Waals surface area contributed by atoms with Crippen LogP contribution in [0.25, 0.3) is 0 Å². The third kappa shape index (κ3) is 3.52. The second-order valence-electron chi connectivity index (χ2n) is 4.26. The minimum atomic E-state index is -1.29. The van der Waals surface area contributed by atoms with E-state index in [-0.39, 0.29) is 18.7 Å². The molecule has 1 aromatic rings. The Morgan fingerprint density at radius 3 is 2.47 bits per heavy atom. The zero-order chi connectivity index (χ0) is 14.5. The number of hydrogen-bond donors (Lipinski definition) is 0. The van der Waals surface area contributed by atoms with Gasteiger partial charge in [0.05, 0.1) is 17.6 Å². The number of esters is 1. The fourth-order valence-electron chi connectivity index (χ4n) is 1.59. The fraction of sp³-hybridized carbons (Fsp3) is 0.385. The Hall–Kier alpha value is -2.42. The van der Waals surface area contributed by atoms with E-state index >= 15 is 0 Å². The topological polar surface area (TPSA) is 93.2 Å². The lowest BCUT2D eigenvalue weighted by atomic mass is 9.85. The van der Waals surface area contributed by atoms with E-state index in [1.807, 2.05) is 6.07 Å². The van der Waals surface area contributed by atoms with Crippen LogP contribution in [0.15, 0.2) is 24.3 Å². The fourth-order valence-corrected chi connectivity index (χ4v) is 1.59. The SMILES string of the molecule is CCOC(=O)C(C)(C#N)Cc1ccc([N+](=O)[O-])cc1. The number of nitriles is 1. The molecule has 6 heteroatoms. The summed E-state index contributed by atoms with van der Waals surface area (Å²) in [6, 6.07) is 7.70. The maximum absolute atomic E-state index is 11.7. The van der Waals surface area contributed by atoms with E-state index in [4.69, 9.17) is 10.00 Å². The Kier molecular flexibility index (Phi) is 4.59. The van der Waals surface area contributed by atoms with Gasteiger partial charge < -0.3 is 4.74 Å². The van der Waals surface area contributed by atoms with E-state index < -0.39 is 16.3 Å². The smallest absolute Gasteiger partial charge is 0.326 e. The van der Waals surface area contributed by atoms with Crippen molar-refractivity contribution in [2.45, 2.75) is 20.3 Å². The lowest BCUT2D eigenvalue weighted by Gasteiger charge is -2.19. The number of nitro benzene ring substituents is 1. The average Bonchev–Trinajstić information content (AvgIpc) is 2.39. The molecular formula is C13H14N2O4. The molecule has 0 amide bonds. The highest BCUT2D eigenvalue weighted by atomic mass is 16.6. The summed E-state index contributed by atoms with van der Waals surface area (Å²) in [7, 11) is 0. The molecule has 1 aromatic carbocycles. The molecule has 0 N–H and O–H groups in total. The number of hydrogen-bond acceptors (Lipinski definition) is 5. The summed E-state index contributed by atoms with van der Waals surface area (Å²) in [4.78, 5) is 21.7. The predicted octanol–water partition coefficient (Wildman–Crippen LogP) is 2.23. The van der Waals surface area contributed by atoms with Gasteiger partial charge in [0.15, 0.2) is 5.41 Å². The standard InChI is InChI=1S/C13H14N2O4/c1-3-19-12(16)13(2,9-14)8-10-4-6-11(7-5-10)15(17)18/h4-7H,3,8H2,1-2H3. The van der Waals surface area contributed by atoms with Gasteiger partial charge in [0.25, 0.3) is 5.69 Å². The molecule has 0 fully saturated rings. The first-order valence-electron chi connectivity index (χ1n) is 5.74. The van der Waals surface area contributed by atoms with Crippen molar-refractivity contribution in [2.75, 3.05) is 6.61 Å². The van der Waals surface area contributed by atoms with Gasteiger partial charge >= 0.3 is 5.97 Å². The van der Waals surface area contributed by atoms with Gasteiger partial charge in [0.2, 0.25) is 0 Å². The van der Waals surface area contributed by atoms with Crippen LogP contribution in [0.1, 0.15) is 19.4 Å².